The van der Waals surface area contributed by atoms with Crippen molar-refractivity contribution in [3.05, 3.63) is 22.8 Å². The smallest absolute Gasteiger partial charge is 0.0830 e. The Bertz CT molecular complexity index is 463. The molecule has 0 radical (unpaired) electrons. The fourth-order valence-corrected chi connectivity index (χ4v) is 3.33. The molecule has 0 amide bonds. The number of hydrogen-bond donors (Lipinski definition) is 0. The van der Waals surface area contributed by atoms with Crippen LogP contribution in [0, 0.1) is 6.92 Å². The van der Waals surface area contributed by atoms with E-state index in [2.05, 4.69) is 70.2 Å². The summed E-state index contributed by atoms with van der Waals surface area (Å²) in [6.07, 6.45) is 2.41. The van der Waals surface area contributed by atoms with E-state index in [1.807, 2.05) is 0 Å². The summed E-state index contributed by atoms with van der Waals surface area (Å²) in [7, 11) is 4.62. The fraction of sp³-hybridized carbons (Fsp3) is 0.647. The van der Waals surface area contributed by atoms with Crippen molar-refractivity contribution in [3.63, 3.8) is 0 Å². The molecule has 0 aromatic heterocycles. The molecule has 1 rings (SSSR count). The summed E-state index contributed by atoms with van der Waals surface area (Å²) < 4.78 is 0. The largest absolute Gasteiger partial charge is 0.140 e. The van der Waals surface area contributed by atoms with E-state index < -0.39 is 0 Å². The predicted molar refractivity (Wildman–Crippen MR) is 94.2 cm³/mol. The van der Waals surface area contributed by atoms with Crippen LogP contribution in [0.1, 0.15) is 71.1 Å². The van der Waals surface area contributed by atoms with Crippen molar-refractivity contribution >= 4 is 26.6 Å². The van der Waals surface area contributed by atoms with Gasteiger partial charge in [-0.15, -0.1) is 0 Å². The monoisotopic (exact) mass is 256 g/mol. The molecule has 0 heterocycles. The van der Waals surface area contributed by atoms with Crippen molar-refractivity contribution in [2.24, 2.45) is 0 Å². The van der Waals surface area contributed by atoms with Crippen LogP contribution in [0.4, 0.5) is 0 Å². The fourth-order valence-electron chi connectivity index (χ4n) is 3.33. The molecule has 1 aromatic rings. The minimum atomic E-state index is 0.222. The normalized spacial score (nSPS) is 12.8. The maximum absolute atomic E-state index is 2.42. The van der Waals surface area contributed by atoms with E-state index in [1.165, 1.54) is 34.9 Å². The zero-order valence-corrected chi connectivity index (χ0v) is 14.5. The average molecular weight is 256 g/mol. The summed E-state index contributed by atoms with van der Waals surface area (Å²) in [5.41, 5.74) is 8.10. The molecule has 0 nitrogen and oxygen atoms in total. The van der Waals surface area contributed by atoms with Gasteiger partial charge in [-0.25, -0.2) is 0 Å². The van der Waals surface area contributed by atoms with E-state index in [-0.39, 0.29) is 5.41 Å². The van der Waals surface area contributed by atoms with Crippen molar-refractivity contribution in [1.29, 1.82) is 0 Å². The second kappa shape index (κ2) is 5.38. The summed E-state index contributed by atoms with van der Waals surface area (Å²) in [6.45, 7) is 16.3. The van der Waals surface area contributed by atoms with E-state index in [0.717, 1.165) is 0 Å². The van der Waals surface area contributed by atoms with Crippen LogP contribution in [0.3, 0.4) is 0 Å². The summed E-state index contributed by atoms with van der Waals surface area (Å²) in [6, 6.07) is 2.40. The Hall–Kier alpha value is -0.650. The van der Waals surface area contributed by atoms with Gasteiger partial charge in [-0.2, -0.15) is 0 Å². The first-order chi connectivity index (χ1) is 8.58. The first-order valence-electron chi connectivity index (χ1n) is 7.70. The molecule has 104 valence electrons. The van der Waals surface area contributed by atoms with E-state index in [0.29, 0.717) is 5.41 Å². The number of benzene rings is 1. The Labute approximate surface area is 122 Å². The van der Waals surface area contributed by atoms with Crippen molar-refractivity contribution in [1.82, 2.24) is 0 Å². The first kappa shape index (κ1) is 16.4. The molecule has 0 aliphatic heterocycles. The maximum Gasteiger partial charge on any atom is 0.140 e. The molecule has 0 atom stereocenters. The van der Waals surface area contributed by atoms with Gasteiger partial charge in [0.05, 0.1) is 0 Å². The summed E-state index contributed by atoms with van der Waals surface area (Å²) in [4.78, 5) is 0. The van der Waals surface area contributed by atoms with Crippen LogP contribution >= 0.6 is 0 Å². The van der Waals surface area contributed by atoms with Gasteiger partial charge >= 0.3 is 0 Å². The van der Waals surface area contributed by atoms with Gasteiger partial charge in [-0.05, 0) is 36.2 Å². The molecule has 0 aliphatic carbocycles. The maximum atomic E-state index is 2.42. The summed E-state index contributed by atoms with van der Waals surface area (Å²) in [5.74, 6) is 0. The molecule has 0 fully saturated rings. The minimum Gasteiger partial charge on any atom is -0.0830 e. The highest BCUT2D eigenvalue weighted by Crippen LogP contribution is 2.31. The molecule has 0 saturated heterocycles. The lowest BCUT2D eigenvalue weighted by molar-refractivity contribution is 0.442. The summed E-state index contributed by atoms with van der Waals surface area (Å²) in [5, 5.41) is 0. The van der Waals surface area contributed by atoms with E-state index in [1.54, 1.807) is 5.56 Å². The van der Waals surface area contributed by atoms with Crippen molar-refractivity contribution in [2.75, 3.05) is 0 Å². The van der Waals surface area contributed by atoms with Crippen molar-refractivity contribution in [2.45, 2.75) is 72.1 Å². The Morgan fingerprint density at radius 1 is 0.947 bits per heavy atom. The van der Waals surface area contributed by atoms with Gasteiger partial charge in [0.25, 0.3) is 0 Å². The van der Waals surface area contributed by atoms with Gasteiger partial charge < -0.3 is 0 Å². The van der Waals surface area contributed by atoms with Crippen molar-refractivity contribution < 1.29 is 0 Å². The van der Waals surface area contributed by atoms with Crippen LogP contribution in [0.25, 0.3) is 0 Å². The van der Waals surface area contributed by atoms with Crippen LogP contribution in [0.5, 0.6) is 0 Å². The molecular formula is C17H30B2. The Morgan fingerprint density at radius 2 is 1.42 bits per heavy atom. The molecule has 2 heteroatoms. The lowest BCUT2D eigenvalue weighted by atomic mass is 9.62. The third-order valence-corrected chi connectivity index (χ3v) is 5.08. The Balaban J connectivity index is 3.69. The number of aryl methyl sites for hydroxylation is 1. The lowest BCUT2D eigenvalue weighted by Gasteiger charge is -2.36. The molecular weight excluding hydrogens is 226 g/mol. The third-order valence-electron chi connectivity index (χ3n) is 5.08. The zero-order valence-electron chi connectivity index (χ0n) is 14.5. The van der Waals surface area contributed by atoms with Gasteiger partial charge in [0, 0.05) is 0 Å². The highest BCUT2D eigenvalue weighted by Gasteiger charge is 2.29. The van der Waals surface area contributed by atoms with Crippen LogP contribution in [-0.4, -0.2) is 15.7 Å². The second-order valence-corrected chi connectivity index (χ2v) is 7.38. The quantitative estimate of drug-likeness (QED) is 0.724. The third kappa shape index (κ3) is 2.93. The van der Waals surface area contributed by atoms with Gasteiger partial charge in [0.1, 0.15) is 15.7 Å². The standard InChI is InChI=1S/C17H30B2/c1-8-17(7,9-2)13-14(18)11(3)10-12(15(13)19)16(4,5)6/h10H,8-9,18-19H2,1-7H3. The lowest BCUT2D eigenvalue weighted by Crippen LogP contribution is -2.40. The van der Waals surface area contributed by atoms with Crippen molar-refractivity contribution in [3.8, 4) is 0 Å². The number of hydrogen-bond acceptors (Lipinski definition) is 0. The molecule has 1 aromatic carbocycles. The topological polar surface area (TPSA) is 0 Å². The highest BCUT2D eigenvalue weighted by molar-refractivity contribution is 6.41. The van der Waals surface area contributed by atoms with E-state index in [4.69, 9.17) is 0 Å². The Morgan fingerprint density at radius 3 is 1.79 bits per heavy atom. The van der Waals surface area contributed by atoms with Gasteiger partial charge in [0.2, 0.25) is 0 Å². The van der Waals surface area contributed by atoms with Gasteiger partial charge in [0.15, 0.2) is 0 Å². The highest BCUT2D eigenvalue weighted by atomic mass is 14.3. The van der Waals surface area contributed by atoms with E-state index >= 15 is 0 Å². The molecule has 0 unspecified atom stereocenters. The summed E-state index contributed by atoms with van der Waals surface area (Å²) >= 11 is 0. The van der Waals surface area contributed by atoms with Gasteiger partial charge in [-0.3, -0.25) is 0 Å². The SMILES string of the molecule is Bc1c(C)cc(C(C)(C)C)c(B)c1C(C)(CC)CC. The van der Waals surface area contributed by atoms with Crippen LogP contribution < -0.4 is 10.9 Å². The molecule has 0 N–H and O–H groups in total. The molecule has 0 saturated carbocycles. The molecule has 19 heavy (non-hydrogen) atoms. The average Bonchev–Trinajstić information content (AvgIpc) is 2.32. The molecule has 0 spiro atoms. The predicted octanol–water partition coefficient (Wildman–Crippen LogP) is 1.89. The zero-order chi connectivity index (χ0) is 15.0. The van der Waals surface area contributed by atoms with Gasteiger partial charge in [-0.1, -0.05) is 69.7 Å². The molecule has 0 aliphatic rings. The Kier molecular flexibility index (Phi) is 4.65. The first-order valence-corrected chi connectivity index (χ1v) is 7.70. The number of rotatable bonds is 3. The minimum absolute atomic E-state index is 0.222. The molecule has 0 bridgehead atoms. The van der Waals surface area contributed by atoms with Crippen LogP contribution in [0.2, 0.25) is 0 Å². The van der Waals surface area contributed by atoms with Crippen LogP contribution in [0.15, 0.2) is 6.07 Å². The second-order valence-electron chi connectivity index (χ2n) is 7.38. The van der Waals surface area contributed by atoms with E-state index in [9.17, 15) is 0 Å². The van der Waals surface area contributed by atoms with Crippen LogP contribution in [-0.2, 0) is 10.8 Å².